The second kappa shape index (κ2) is 5.47. The maximum atomic E-state index is 6.46. The molecular weight excluding hydrogens is 280 g/mol. The van der Waals surface area contributed by atoms with E-state index in [-0.39, 0.29) is 6.04 Å². The van der Waals surface area contributed by atoms with Crippen LogP contribution in [0.4, 0.5) is 0 Å². The van der Waals surface area contributed by atoms with Crippen molar-refractivity contribution in [2.45, 2.75) is 19.9 Å². The number of fused-ring (bicyclic) bond motifs is 1. The normalized spacial score (nSPS) is 12.6. The lowest BCUT2D eigenvalue weighted by molar-refractivity contribution is 0.404. The summed E-state index contributed by atoms with van der Waals surface area (Å²) in [6, 6.07) is 8.03. The van der Waals surface area contributed by atoms with Gasteiger partial charge in [0.25, 0.3) is 0 Å². The lowest BCUT2D eigenvalue weighted by Crippen LogP contribution is -2.14. The zero-order chi connectivity index (χ0) is 15.0. The van der Waals surface area contributed by atoms with Crippen molar-refractivity contribution in [3.8, 4) is 5.75 Å². The zero-order valence-corrected chi connectivity index (χ0v) is 13.2. The van der Waals surface area contributed by atoms with Gasteiger partial charge in [-0.1, -0.05) is 12.1 Å². The van der Waals surface area contributed by atoms with Gasteiger partial charge in [0.2, 0.25) is 0 Å². The SMILES string of the molecule is COc1c(C(N)c2cnc3ccsc3c2)ccc(C)c1C. The number of thiophene rings is 1. The number of nitrogens with two attached hydrogens (primary N) is 1. The van der Waals surface area contributed by atoms with E-state index in [1.165, 1.54) is 5.56 Å². The van der Waals surface area contributed by atoms with Crippen LogP contribution in [-0.2, 0) is 0 Å². The molecule has 108 valence electrons. The number of methoxy groups -OCH3 is 1. The van der Waals surface area contributed by atoms with Crippen molar-refractivity contribution in [3.63, 3.8) is 0 Å². The fourth-order valence-electron chi connectivity index (χ4n) is 2.54. The minimum atomic E-state index is -0.238. The van der Waals surface area contributed by atoms with E-state index in [1.807, 2.05) is 23.7 Å². The number of hydrogen-bond acceptors (Lipinski definition) is 4. The van der Waals surface area contributed by atoms with Crippen molar-refractivity contribution in [1.29, 1.82) is 0 Å². The monoisotopic (exact) mass is 298 g/mol. The van der Waals surface area contributed by atoms with Crippen molar-refractivity contribution >= 4 is 21.6 Å². The third-order valence-electron chi connectivity index (χ3n) is 3.93. The first kappa shape index (κ1) is 14.0. The fourth-order valence-corrected chi connectivity index (χ4v) is 3.33. The summed E-state index contributed by atoms with van der Waals surface area (Å²) in [4.78, 5) is 4.47. The zero-order valence-electron chi connectivity index (χ0n) is 12.4. The number of benzene rings is 1. The van der Waals surface area contributed by atoms with E-state index in [0.717, 1.165) is 32.7 Å². The maximum absolute atomic E-state index is 6.46. The summed E-state index contributed by atoms with van der Waals surface area (Å²) in [6.45, 7) is 4.14. The Morgan fingerprint density at radius 1 is 1.24 bits per heavy atom. The predicted octanol–water partition coefficient (Wildman–Crippen LogP) is 3.97. The molecule has 3 aromatic rings. The minimum absolute atomic E-state index is 0.238. The van der Waals surface area contributed by atoms with Gasteiger partial charge in [-0.2, -0.15) is 0 Å². The van der Waals surface area contributed by atoms with Gasteiger partial charge in [0.1, 0.15) is 5.75 Å². The molecule has 2 heterocycles. The number of rotatable bonds is 3. The average molecular weight is 298 g/mol. The van der Waals surface area contributed by atoms with Gasteiger partial charge in [-0.05, 0) is 48.1 Å². The molecule has 0 spiro atoms. The molecule has 0 radical (unpaired) electrons. The number of hydrogen-bond donors (Lipinski definition) is 1. The Labute approximate surface area is 128 Å². The molecule has 21 heavy (non-hydrogen) atoms. The summed E-state index contributed by atoms with van der Waals surface area (Å²) >= 11 is 1.68. The first-order valence-electron chi connectivity index (χ1n) is 6.84. The molecule has 0 aliphatic heterocycles. The van der Waals surface area contributed by atoms with Crippen LogP contribution in [0, 0.1) is 13.8 Å². The van der Waals surface area contributed by atoms with E-state index in [1.54, 1.807) is 18.4 Å². The van der Waals surface area contributed by atoms with E-state index >= 15 is 0 Å². The van der Waals surface area contributed by atoms with Crippen LogP contribution >= 0.6 is 11.3 Å². The van der Waals surface area contributed by atoms with Gasteiger partial charge in [0.05, 0.1) is 23.4 Å². The Morgan fingerprint density at radius 2 is 2.05 bits per heavy atom. The summed E-state index contributed by atoms with van der Waals surface area (Å²) in [5.41, 5.74) is 11.8. The van der Waals surface area contributed by atoms with E-state index in [2.05, 4.69) is 31.0 Å². The number of aryl methyl sites for hydroxylation is 1. The number of ether oxygens (including phenoxy) is 1. The number of pyridine rings is 1. The van der Waals surface area contributed by atoms with Gasteiger partial charge in [-0.15, -0.1) is 11.3 Å². The summed E-state index contributed by atoms with van der Waals surface area (Å²) in [5.74, 6) is 0.869. The first-order valence-corrected chi connectivity index (χ1v) is 7.72. The molecule has 0 bridgehead atoms. The smallest absolute Gasteiger partial charge is 0.127 e. The van der Waals surface area contributed by atoms with Crippen molar-refractivity contribution in [2.24, 2.45) is 5.73 Å². The number of aromatic nitrogens is 1. The fraction of sp³-hybridized carbons (Fsp3) is 0.235. The highest BCUT2D eigenvalue weighted by Crippen LogP contribution is 2.33. The van der Waals surface area contributed by atoms with E-state index in [0.29, 0.717) is 0 Å². The highest BCUT2D eigenvalue weighted by Gasteiger charge is 2.17. The Bertz CT molecular complexity index is 795. The molecule has 0 saturated heterocycles. The van der Waals surface area contributed by atoms with Crippen LogP contribution in [0.5, 0.6) is 5.75 Å². The van der Waals surface area contributed by atoms with Gasteiger partial charge < -0.3 is 10.5 Å². The highest BCUT2D eigenvalue weighted by atomic mass is 32.1. The van der Waals surface area contributed by atoms with Crippen LogP contribution in [0.2, 0.25) is 0 Å². The van der Waals surface area contributed by atoms with Crippen molar-refractivity contribution in [3.05, 3.63) is 58.1 Å². The summed E-state index contributed by atoms with van der Waals surface area (Å²) in [6.07, 6.45) is 1.86. The predicted molar refractivity (Wildman–Crippen MR) is 88.1 cm³/mol. The van der Waals surface area contributed by atoms with Gasteiger partial charge >= 0.3 is 0 Å². The minimum Gasteiger partial charge on any atom is -0.496 e. The topological polar surface area (TPSA) is 48.1 Å². The van der Waals surface area contributed by atoms with Crippen molar-refractivity contribution in [1.82, 2.24) is 4.98 Å². The first-order chi connectivity index (χ1) is 10.1. The van der Waals surface area contributed by atoms with Crippen molar-refractivity contribution < 1.29 is 4.74 Å². The van der Waals surface area contributed by atoms with Crippen LogP contribution < -0.4 is 10.5 Å². The molecule has 0 saturated carbocycles. The van der Waals surface area contributed by atoms with Crippen LogP contribution in [0.15, 0.2) is 35.8 Å². The van der Waals surface area contributed by atoms with Gasteiger partial charge in [0, 0.05) is 11.8 Å². The Kier molecular flexibility index (Phi) is 3.66. The highest BCUT2D eigenvalue weighted by molar-refractivity contribution is 7.17. The molecule has 0 fully saturated rings. The quantitative estimate of drug-likeness (QED) is 0.796. The van der Waals surface area contributed by atoms with Crippen LogP contribution in [0.3, 0.4) is 0 Å². The Balaban J connectivity index is 2.09. The average Bonchev–Trinajstić information content (AvgIpc) is 2.96. The summed E-state index contributed by atoms with van der Waals surface area (Å²) < 4.78 is 6.73. The standard InChI is InChI=1S/C17H18N2OS/c1-10-4-5-13(17(20-3)11(10)2)16(18)12-8-15-14(19-9-12)6-7-21-15/h4-9,16H,18H2,1-3H3. The van der Waals surface area contributed by atoms with Crippen LogP contribution in [-0.4, -0.2) is 12.1 Å². The molecular formula is C17H18N2OS. The molecule has 2 N–H and O–H groups in total. The van der Waals surface area contributed by atoms with E-state index < -0.39 is 0 Å². The maximum Gasteiger partial charge on any atom is 0.127 e. The third-order valence-corrected chi connectivity index (χ3v) is 4.78. The lowest BCUT2D eigenvalue weighted by atomic mass is 9.95. The largest absolute Gasteiger partial charge is 0.496 e. The molecule has 4 heteroatoms. The summed E-state index contributed by atoms with van der Waals surface area (Å²) in [7, 11) is 1.69. The Morgan fingerprint density at radius 3 is 2.81 bits per heavy atom. The number of nitrogens with zero attached hydrogens (tertiary/aromatic N) is 1. The molecule has 2 aromatic heterocycles. The van der Waals surface area contributed by atoms with E-state index in [4.69, 9.17) is 10.5 Å². The molecule has 1 atom stereocenters. The summed E-state index contributed by atoms with van der Waals surface area (Å²) in [5, 5.41) is 2.05. The third kappa shape index (κ3) is 2.41. The van der Waals surface area contributed by atoms with Gasteiger partial charge in [-0.25, -0.2) is 0 Å². The molecule has 0 aliphatic carbocycles. The Hall–Kier alpha value is -1.91. The van der Waals surface area contributed by atoms with Crippen LogP contribution in [0.1, 0.15) is 28.3 Å². The van der Waals surface area contributed by atoms with Crippen molar-refractivity contribution in [2.75, 3.05) is 7.11 Å². The molecule has 3 nitrogen and oxygen atoms in total. The molecule has 1 unspecified atom stereocenters. The van der Waals surface area contributed by atoms with Gasteiger partial charge in [0.15, 0.2) is 0 Å². The lowest BCUT2D eigenvalue weighted by Gasteiger charge is -2.19. The molecule has 3 rings (SSSR count). The molecule has 0 amide bonds. The molecule has 1 aromatic carbocycles. The van der Waals surface area contributed by atoms with Gasteiger partial charge in [-0.3, -0.25) is 4.98 Å². The second-order valence-corrected chi connectivity index (χ2v) is 6.13. The van der Waals surface area contributed by atoms with E-state index in [9.17, 15) is 0 Å². The molecule has 0 aliphatic rings. The second-order valence-electron chi connectivity index (χ2n) is 5.18. The van der Waals surface area contributed by atoms with Crippen LogP contribution in [0.25, 0.3) is 10.2 Å².